The molecule has 0 radical (unpaired) electrons. The van der Waals surface area contributed by atoms with E-state index in [1.807, 2.05) is 18.7 Å². The van der Waals surface area contributed by atoms with Gasteiger partial charge in [0.15, 0.2) is 0 Å². The zero-order valence-corrected chi connectivity index (χ0v) is 14.8. The molecule has 0 spiro atoms. The average molecular weight is 348 g/mol. The monoisotopic (exact) mass is 348 g/mol. The van der Waals surface area contributed by atoms with Crippen LogP contribution in [0.25, 0.3) is 0 Å². The molecule has 2 amide bonds. The maximum absolute atomic E-state index is 12.5. The number of H-pyrrole nitrogens is 1. The highest BCUT2D eigenvalue weighted by Gasteiger charge is 2.47. The summed E-state index contributed by atoms with van der Waals surface area (Å²) in [5.41, 5.74) is -0.344. The van der Waals surface area contributed by atoms with Gasteiger partial charge in [0.1, 0.15) is 17.6 Å². The molecule has 25 heavy (non-hydrogen) atoms. The molecule has 1 unspecified atom stereocenters. The summed E-state index contributed by atoms with van der Waals surface area (Å²) in [6.45, 7) is 8.04. The molecule has 2 atom stereocenters. The van der Waals surface area contributed by atoms with E-state index in [2.05, 4.69) is 15.3 Å². The summed E-state index contributed by atoms with van der Waals surface area (Å²) in [5, 5.41) is 2.80. The van der Waals surface area contributed by atoms with Crippen LogP contribution in [0, 0.1) is 18.3 Å². The quantitative estimate of drug-likeness (QED) is 0.802. The van der Waals surface area contributed by atoms with Gasteiger partial charge < -0.3 is 19.9 Å². The number of amides is 2. The number of likely N-dealkylation sites (tertiary alicyclic amines) is 1. The SMILES string of the molecule is Cc1nc(C(=O)NC[C@H]2CCN(C(=O)C3OCC3(C)C)C2)cc(=O)[nH]1. The molecule has 0 aromatic carbocycles. The van der Waals surface area contributed by atoms with Crippen molar-refractivity contribution in [2.24, 2.45) is 11.3 Å². The molecule has 8 nitrogen and oxygen atoms in total. The van der Waals surface area contributed by atoms with Gasteiger partial charge in [0, 0.05) is 31.1 Å². The molecule has 2 aliphatic heterocycles. The second-order valence-corrected chi connectivity index (χ2v) is 7.54. The van der Waals surface area contributed by atoms with Crippen molar-refractivity contribution in [3.63, 3.8) is 0 Å². The van der Waals surface area contributed by atoms with Gasteiger partial charge in [0.05, 0.1) is 6.61 Å². The maximum Gasteiger partial charge on any atom is 0.270 e. The molecule has 2 saturated heterocycles. The van der Waals surface area contributed by atoms with Crippen LogP contribution in [0.5, 0.6) is 0 Å². The lowest BCUT2D eigenvalue weighted by Gasteiger charge is -2.44. The largest absolute Gasteiger partial charge is 0.367 e. The fourth-order valence-corrected chi connectivity index (χ4v) is 3.29. The van der Waals surface area contributed by atoms with E-state index in [9.17, 15) is 14.4 Å². The van der Waals surface area contributed by atoms with E-state index in [4.69, 9.17) is 4.74 Å². The van der Waals surface area contributed by atoms with Gasteiger partial charge in [-0.3, -0.25) is 14.4 Å². The summed E-state index contributed by atoms with van der Waals surface area (Å²) >= 11 is 0. The van der Waals surface area contributed by atoms with Crippen molar-refractivity contribution < 1.29 is 14.3 Å². The topological polar surface area (TPSA) is 104 Å². The van der Waals surface area contributed by atoms with Gasteiger partial charge in [-0.25, -0.2) is 4.98 Å². The van der Waals surface area contributed by atoms with Gasteiger partial charge in [-0.15, -0.1) is 0 Å². The first-order chi connectivity index (χ1) is 11.8. The first-order valence-electron chi connectivity index (χ1n) is 8.53. The number of rotatable bonds is 4. The van der Waals surface area contributed by atoms with Gasteiger partial charge in [0.25, 0.3) is 17.4 Å². The number of carbonyl (C=O) groups excluding carboxylic acids is 2. The minimum atomic E-state index is -0.373. The molecular formula is C17H24N4O4. The third-order valence-corrected chi connectivity index (χ3v) is 4.80. The lowest BCUT2D eigenvalue weighted by molar-refractivity contribution is -0.191. The molecule has 1 aromatic heterocycles. The van der Waals surface area contributed by atoms with Crippen LogP contribution in [0.2, 0.25) is 0 Å². The maximum atomic E-state index is 12.5. The smallest absolute Gasteiger partial charge is 0.270 e. The lowest BCUT2D eigenvalue weighted by Crippen LogP contribution is -2.56. The Kier molecular flexibility index (Phi) is 4.64. The van der Waals surface area contributed by atoms with E-state index in [0.717, 1.165) is 6.42 Å². The molecule has 3 rings (SSSR count). The average Bonchev–Trinajstić information content (AvgIpc) is 2.99. The minimum absolute atomic E-state index is 0.0389. The second kappa shape index (κ2) is 6.59. The Balaban J connectivity index is 1.51. The number of aryl methyl sites for hydroxylation is 1. The zero-order valence-electron chi connectivity index (χ0n) is 14.8. The molecule has 2 N–H and O–H groups in total. The van der Waals surface area contributed by atoms with E-state index in [-0.39, 0.29) is 40.5 Å². The summed E-state index contributed by atoms with van der Waals surface area (Å²) < 4.78 is 5.43. The molecule has 0 bridgehead atoms. The van der Waals surface area contributed by atoms with Crippen LogP contribution in [-0.2, 0) is 9.53 Å². The van der Waals surface area contributed by atoms with E-state index < -0.39 is 0 Å². The molecule has 136 valence electrons. The Morgan fingerprint density at radius 3 is 2.84 bits per heavy atom. The predicted octanol–water partition coefficient (Wildman–Crippen LogP) is 0.0816. The normalized spacial score (nSPS) is 24.7. The third-order valence-electron chi connectivity index (χ3n) is 4.80. The number of aromatic nitrogens is 2. The van der Waals surface area contributed by atoms with Gasteiger partial charge in [0.2, 0.25) is 0 Å². The van der Waals surface area contributed by atoms with Crippen molar-refractivity contribution in [2.75, 3.05) is 26.2 Å². The van der Waals surface area contributed by atoms with Crippen LogP contribution in [0.3, 0.4) is 0 Å². The van der Waals surface area contributed by atoms with Crippen molar-refractivity contribution >= 4 is 11.8 Å². The molecule has 1 aromatic rings. The number of ether oxygens (including phenoxy) is 1. The van der Waals surface area contributed by atoms with E-state index in [1.165, 1.54) is 6.07 Å². The summed E-state index contributed by atoms with van der Waals surface area (Å²) in [5.74, 6) is 0.261. The first-order valence-corrected chi connectivity index (χ1v) is 8.53. The fraction of sp³-hybridized carbons (Fsp3) is 0.647. The Morgan fingerprint density at radius 2 is 2.24 bits per heavy atom. The number of nitrogens with zero attached hydrogens (tertiary/aromatic N) is 2. The number of aromatic amines is 1. The number of hydrogen-bond acceptors (Lipinski definition) is 5. The highest BCUT2D eigenvalue weighted by molar-refractivity contribution is 5.92. The lowest BCUT2D eigenvalue weighted by atomic mass is 9.82. The van der Waals surface area contributed by atoms with Crippen LogP contribution in [0.1, 0.15) is 36.6 Å². The van der Waals surface area contributed by atoms with E-state index >= 15 is 0 Å². The van der Waals surface area contributed by atoms with Crippen LogP contribution >= 0.6 is 0 Å². The molecule has 2 fully saturated rings. The first kappa shape index (κ1) is 17.6. The highest BCUT2D eigenvalue weighted by atomic mass is 16.5. The standard InChI is InChI=1S/C17H24N4O4/c1-10-19-12(6-13(22)20-10)15(23)18-7-11-4-5-21(8-11)16(24)14-17(2,3)9-25-14/h6,11,14H,4-5,7-9H2,1-3H3,(H,18,23)(H,19,20,22)/t11-,14?/m1/s1. The van der Waals surface area contributed by atoms with Crippen LogP contribution in [-0.4, -0.2) is 59.0 Å². The van der Waals surface area contributed by atoms with Crippen LogP contribution in [0.15, 0.2) is 10.9 Å². The molecular weight excluding hydrogens is 324 g/mol. The van der Waals surface area contributed by atoms with Crippen molar-refractivity contribution in [3.05, 3.63) is 27.9 Å². The number of carbonyl (C=O) groups is 2. The number of hydrogen-bond donors (Lipinski definition) is 2. The van der Waals surface area contributed by atoms with E-state index in [1.54, 1.807) is 6.92 Å². The van der Waals surface area contributed by atoms with Gasteiger partial charge in [-0.2, -0.15) is 0 Å². The minimum Gasteiger partial charge on any atom is -0.367 e. The third kappa shape index (κ3) is 3.73. The Morgan fingerprint density at radius 1 is 1.48 bits per heavy atom. The second-order valence-electron chi connectivity index (χ2n) is 7.54. The Bertz CT molecular complexity index is 742. The summed E-state index contributed by atoms with van der Waals surface area (Å²) in [7, 11) is 0. The van der Waals surface area contributed by atoms with Crippen LogP contribution in [0.4, 0.5) is 0 Å². The number of nitrogens with one attached hydrogen (secondary N) is 2. The Hall–Kier alpha value is -2.22. The molecule has 3 heterocycles. The predicted molar refractivity (Wildman–Crippen MR) is 90.1 cm³/mol. The van der Waals surface area contributed by atoms with Crippen molar-refractivity contribution in [2.45, 2.75) is 33.3 Å². The van der Waals surface area contributed by atoms with Crippen molar-refractivity contribution in [1.29, 1.82) is 0 Å². The summed E-state index contributed by atoms with van der Waals surface area (Å²) in [4.78, 5) is 44.4. The molecule has 0 aliphatic carbocycles. The fourth-order valence-electron chi connectivity index (χ4n) is 3.29. The van der Waals surface area contributed by atoms with E-state index in [0.29, 0.717) is 32.1 Å². The summed E-state index contributed by atoms with van der Waals surface area (Å²) in [6.07, 6.45) is 0.477. The zero-order chi connectivity index (χ0) is 18.2. The highest BCUT2D eigenvalue weighted by Crippen LogP contribution is 2.35. The summed E-state index contributed by atoms with van der Waals surface area (Å²) in [6, 6.07) is 1.18. The molecule has 8 heteroatoms. The van der Waals surface area contributed by atoms with Crippen LogP contribution < -0.4 is 10.9 Å². The molecule has 0 saturated carbocycles. The van der Waals surface area contributed by atoms with Crippen molar-refractivity contribution in [3.8, 4) is 0 Å². The van der Waals surface area contributed by atoms with Gasteiger partial charge in [-0.1, -0.05) is 13.8 Å². The van der Waals surface area contributed by atoms with Gasteiger partial charge >= 0.3 is 0 Å². The van der Waals surface area contributed by atoms with Crippen molar-refractivity contribution in [1.82, 2.24) is 20.2 Å². The molecule has 2 aliphatic rings. The van der Waals surface area contributed by atoms with Gasteiger partial charge in [-0.05, 0) is 19.3 Å². The Labute approximate surface area is 146 Å².